The van der Waals surface area contributed by atoms with Crippen LogP contribution in [0.3, 0.4) is 0 Å². The van der Waals surface area contributed by atoms with E-state index in [0.29, 0.717) is 23.6 Å². The molecule has 13 heteroatoms. The number of aryl methyl sites for hydroxylation is 2. The van der Waals surface area contributed by atoms with Crippen molar-refractivity contribution in [2.24, 2.45) is 0 Å². The van der Waals surface area contributed by atoms with Crippen molar-refractivity contribution in [1.82, 2.24) is 29.7 Å². The number of rotatable bonds is 12. The minimum Gasteiger partial charge on any atom is -0.396 e. The molecule has 4 heterocycles. The number of H-pyrrole nitrogens is 1. The van der Waals surface area contributed by atoms with Crippen molar-refractivity contribution in [2.45, 2.75) is 77.0 Å². The summed E-state index contributed by atoms with van der Waals surface area (Å²) in [6.07, 6.45) is 0.0383. The molecule has 1 aliphatic rings. The number of β-amino-alcohol motifs (C(OH)–C–C–N with tert-alkyl or cyclic N) is 1. The number of imidazole rings is 1. The van der Waals surface area contributed by atoms with Crippen LogP contribution >= 0.6 is 0 Å². The van der Waals surface area contributed by atoms with E-state index < -0.39 is 18.3 Å². The Bertz CT molecular complexity index is 1560. The van der Waals surface area contributed by atoms with E-state index in [-0.39, 0.29) is 37.0 Å². The van der Waals surface area contributed by atoms with Crippen LogP contribution in [0.2, 0.25) is 0 Å². The number of aliphatic hydroxyl groups excluding tert-OH is 4. The maximum absolute atomic E-state index is 13.1. The quantitative estimate of drug-likeness (QED) is 0.114. The van der Waals surface area contributed by atoms with E-state index in [2.05, 4.69) is 66.3 Å². The fourth-order valence-electron chi connectivity index (χ4n) is 6.23. The van der Waals surface area contributed by atoms with Crippen molar-refractivity contribution in [1.29, 1.82) is 0 Å². The molecular formula is C30H43N8O5+. The number of aromatic amines is 1. The van der Waals surface area contributed by atoms with E-state index in [1.807, 2.05) is 0 Å². The first-order valence-corrected chi connectivity index (χ1v) is 15.1. The summed E-state index contributed by atoms with van der Waals surface area (Å²) in [5.74, 6) is 1.03. The number of likely N-dealkylation sites (tertiary alicyclic amines) is 1. The second kappa shape index (κ2) is 13.3. The lowest BCUT2D eigenvalue weighted by molar-refractivity contribution is -0.676. The van der Waals surface area contributed by atoms with Gasteiger partial charge in [0.1, 0.15) is 18.2 Å². The standard InChI is InChI=1S/C30H42N8O5/c1-3-37-21-6-5-19(18-8-12-36(13-9-18)17-24(41)27(42)23(40)10-14-39)15-22(21)38(4-2)25(37)16-33-30(43)26-28(31)35-29-20(34-26)7-11-32-29/h5-7,11,15,18,23-24,27,39-42H,3-4,8-10,12-14,16-17H2,1-2H3,(H3-,31,32,33,34,35,43)/p+1/t23-,24+,27+/m1/s1. The van der Waals surface area contributed by atoms with Gasteiger partial charge in [0.25, 0.3) is 11.7 Å². The molecule has 1 amide bonds. The minimum atomic E-state index is -1.29. The molecular weight excluding hydrogens is 552 g/mol. The number of hydrogen-bond donors (Lipinski definition) is 7. The monoisotopic (exact) mass is 595 g/mol. The Morgan fingerprint density at radius 1 is 1.16 bits per heavy atom. The van der Waals surface area contributed by atoms with Gasteiger partial charge in [-0.1, -0.05) is 6.07 Å². The average molecular weight is 596 g/mol. The number of aromatic nitrogens is 5. The molecule has 0 aliphatic carbocycles. The number of nitrogens with zero attached hydrogens (tertiary/aromatic N) is 5. The number of nitrogens with one attached hydrogen (secondary N) is 2. The number of anilines is 1. The Morgan fingerprint density at radius 2 is 1.93 bits per heavy atom. The van der Waals surface area contributed by atoms with Gasteiger partial charge >= 0.3 is 0 Å². The van der Waals surface area contributed by atoms with E-state index in [0.717, 1.165) is 55.9 Å². The van der Waals surface area contributed by atoms with Crippen LogP contribution in [-0.2, 0) is 19.6 Å². The van der Waals surface area contributed by atoms with Crippen LogP contribution in [0.25, 0.3) is 22.2 Å². The fourth-order valence-corrected chi connectivity index (χ4v) is 6.23. The van der Waals surface area contributed by atoms with Crippen LogP contribution in [0.15, 0.2) is 30.5 Å². The van der Waals surface area contributed by atoms with Gasteiger partial charge in [-0.05, 0) is 75.9 Å². The largest absolute Gasteiger partial charge is 0.396 e. The summed E-state index contributed by atoms with van der Waals surface area (Å²) in [4.78, 5) is 26.8. The normalized spacial score (nSPS) is 17.0. The minimum absolute atomic E-state index is 0.0298. The molecule has 232 valence electrons. The molecule has 5 rings (SSSR count). The molecule has 13 nitrogen and oxygen atoms in total. The number of aliphatic hydroxyl groups is 4. The number of piperidine rings is 1. The Morgan fingerprint density at radius 3 is 2.63 bits per heavy atom. The molecule has 1 aliphatic heterocycles. The van der Waals surface area contributed by atoms with Crippen LogP contribution in [0.1, 0.15) is 60.9 Å². The molecule has 8 N–H and O–H groups in total. The van der Waals surface area contributed by atoms with Crippen molar-refractivity contribution in [3.8, 4) is 0 Å². The van der Waals surface area contributed by atoms with Crippen LogP contribution < -0.4 is 15.6 Å². The van der Waals surface area contributed by atoms with E-state index >= 15 is 0 Å². The molecule has 1 fully saturated rings. The third kappa shape index (κ3) is 6.36. The van der Waals surface area contributed by atoms with E-state index in [1.54, 1.807) is 12.3 Å². The summed E-state index contributed by atoms with van der Waals surface area (Å²) in [7, 11) is 0. The van der Waals surface area contributed by atoms with Crippen molar-refractivity contribution >= 4 is 33.9 Å². The highest BCUT2D eigenvalue weighted by atomic mass is 16.4. The second-order valence-corrected chi connectivity index (χ2v) is 11.2. The van der Waals surface area contributed by atoms with Gasteiger partial charge in [0.2, 0.25) is 0 Å². The fraction of sp³-hybridized carbons (Fsp3) is 0.533. The van der Waals surface area contributed by atoms with Crippen molar-refractivity contribution in [3.63, 3.8) is 0 Å². The zero-order valence-corrected chi connectivity index (χ0v) is 24.8. The zero-order valence-electron chi connectivity index (χ0n) is 24.8. The zero-order chi connectivity index (χ0) is 30.7. The molecule has 43 heavy (non-hydrogen) atoms. The first-order chi connectivity index (χ1) is 20.7. The molecule has 0 unspecified atom stereocenters. The number of nitrogen functional groups attached to an aromatic ring is 1. The number of hydrogen-bond acceptors (Lipinski definition) is 9. The van der Waals surface area contributed by atoms with Crippen LogP contribution in [0.4, 0.5) is 5.82 Å². The molecule has 0 saturated carbocycles. The molecule has 0 radical (unpaired) electrons. The van der Waals surface area contributed by atoms with Gasteiger partial charge in [-0.2, -0.15) is 0 Å². The average Bonchev–Trinajstić information content (AvgIpc) is 3.59. The lowest BCUT2D eigenvalue weighted by Crippen LogP contribution is -2.46. The van der Waals surface area contributed by atoms with E-state index in [9.17, 15) is 20.1 Å². The van der Waals surface area contributed by atoms with E-state index in [4.69, 9.17) is 10.8 Å². The summed E-state index contributed by atoms with van der Waals surface area (Å²) in [5.41, 5.74) is 10.7. The molecule has 3 aromatic heterocycles. The highest BCUT2D eigenvalue weighted by molar-refractivity contribution is 5.98. The molecule has 3 atom stereocenters. The predicted octanol–water partition coefficient (Wildman–Crippen LogP) is 0.397. The van der Waals surface area contributed by atoms with Gasteiger partial charge in [-0.15, -0.1) is 0 Å². The number of fused-ring (bicyclic) bond motifs is 2. The summed E-state index contributed by atoms with van der Waals surface area (Å²) >= 11 is 0. The molecule has 4 aromatic rings. The lowest BCUT2D eigenvalue weighted by Gasteiger charge is -2.34. The number of benzene rings is 1. The van der Waals surface area contributed by atoms with Gasteiger partial charge in [0.05, 0.1) is 25.3 Å². The smallest absolute Gasteiger partial charge is 0.277 e. The highest BCUT2D eigenvalue weighted by Gasteiger charge is 2.30. The number of nitrogens with two attached hydrogens (primary N) is 1. The van der Waals surface area contributed by atoms with Gasteiger partial charge in [-0.3, -0.25) is 4.79 Å². The molecule has 1 saturated heterocycles. The predicted molar refractivity (Wildman–Crippen MR) is 161 cm³/mol. The summed E-state index contributed by atoms with van der Waals surface area (Å²) in [5, 5.41) is 42.4. The molecule has 0 bridgehead atoms. The number of carbonyl (C=O) groups is 1. The van der Waals surface area contributed by atoms with Gasteiger partial charge in [0.15, 0.2) is 28.2 Å². The van der Waals surface area contributed by atoms with Crippen molar-refractivity contribution in [3.05, 3.63) is 47.5 Å². The third-order valence-corrected chi connectivity index (χ3v) is 8.59. The summed E-state index contributed by atoms with van der Waals surface area (Å²) in [6.45, 7) is 7.52. The Labute approximate surface area is 250 Å². The first-order valence-electron chi connectivity index (χ1n) is 15.1. The highest BCUT2D eigenvalue weighted by Crippen LogP contribution is 2.30. The Kier molecular flexibility index (Phi) is 9.57. The van der Waals surface area contributed by atoms with E-state index in [1.165, 1.54) is 5.56 Å². The molecule has 0 spiro atoms. The third-order valence-electron chi connectivity index (χ3n) is 8.59. The summed E-state index contributed by atoms with van der Waals surface area (Å²) < 4.78 is 4.45. The maximum Gasteiger partial charge on any atom is 0.277 e. The Hall–Kier alpha value is -3.62. The van der Waals surface area contributed by atoms with Crippen molar-refractivity contribution < 1.29 is 29.8 Å². The topological polar surface area (TPSA) is 190 Å². The van der Waals surface area contributed by atoms with Crippen molar-refractivity contribution in [2.75, 3.05) is 32.0 Å². The van der Waals surface area contributed by atoms with Gasteiger partial charge in [-0.25, -0.2) is 19.1 Å². The molecule has 1 aromatic carbocycles. The Balaban J connectivity index is 1.29. The number of carbonyl (C=O) groups excluding carboxylic acids is 1. The van der Waals surface area contributed by atoms with Gasteiger partial charge in [0, 0.05) is 19.3 Å². The van der Waals surface area contributed by atoms with Crippen LogP contribution in [0.5, 0.6) is 0 Å². The maximum atomic E-state index is 13.1. The first kappa shape index (κ1) is 30.8. The second-order valence-electron chi connectivity index (χ2n) is 11.2. The van der Waals surface area contributed by atoms with Crippen LogP contribution in [0, 0.1) is 0 Å². The SMILES string of the molecule is CCn1c(CNC(=O)c2nc3cc[nH]c3nc2N)[n+](CC)c2ccc(C3CCN(C[C@H](O)[C@@H](O)[C@H](O)CCO)CC3)cc21. The van der Waals surface area contributed by atoms with Crippen LogP contribution in [-0.4, -0.2) is 95.3 Å². The van der Waals surface area contributed by atoms with Gasteiger partial charge < -0.3 is 41.4 Å². The summed E-state index contributed by atoms with van der Waals surface area (Å²) in [6, 6.07) is 8.34. The number of amides is 1. The lowest BCUT2D eigenvalue weighted by atomic mass is 9.89.